The number of ether oxygens (including phenoxy) is 1. The Morgan fingerprint density at radius 1 is 0.909 bits per heavy atom. The maximum absolute atomic E-state index is 13.8. The van der Waals surface area contributed by atoms with E-state index in [0.717, 1.165) is 10.9 Å². The number of hydroxylamine groups is 1. The fraction of sp³-hybridized carbons (Fsp3) is 0.0800. The minimum atomic E-state index is -4.09. The van der Waals surface area contributed by atoms with Gasteiger partial charge in [-0.1, -0.05) is 60.7 Å². The normalized spacial score (nSPS) is 11.2. The van der Waals surface area contributed by atoms with Crippen molar-refractivity contribution < 1.29 is 23.2 Å². The van der Waals surface area contributed by atoms with Crippen molar-refractivity contribution in [3.05, 3.63) is 102 Å². The van der Waals surface area contributed by atoms with Gasteiger partial charge in [-0.3, -0.25) is 14.3 Å². The summed E-state index contributed by atoms with van der Waals surface area (Å²) in [6, 6.07) is 25.6. The summed E-state index contributed by atoms with van der Waals surface area (Å²) in [5.41, 5.74) is 2.61. The summed E-state index contributed by atoms with van der Waals surface area (Å²) in [6.07, 6.45) is 0. The Morgan fingerprint density at radius 3 is 2.24 bits per heavy atom. The van der Waals surface area contributed by atoms with E-state index in [1.165, 1.54) is 23.5 Å². The number of sulfonamides is 1. The van der Waals surface area contributed by atoms with E-state index in [0.29, 0.717) is 11.1 Å². The maximum atomic E-state index is 13.8. The summed E-state index contributed by atoms with van der Waals surface area (Å²) in [4.78, 5) is 12.8. The van der Waals surface area contributed by atoms with Crippen LogP contribution in [0.2, 0.25) is 0 Å². The molecule has 0 radical (unpaired) electrons. The van der Waals surface area contributed by atoms with Crippen LogP contribution in [0, 0.1) is 0 Å². The highest BCUT2D eigenvalue weighted by atomic mass is 32.2. The molecule has 4 aromatic carbocycles. The number of nitrogens with one attached hydrogen (secondary N) is 1. The van der Waals surface area contributed by atoms with Crippen molar-refractivity contribution in [2.24, 2.45) is 0 Å². The van der Waals surface area contributed by atoms with Crippen molar-refractivity contribution in [2.45, 2.75) is 11.4 Å². The molecule has 168 valence electrons. The van der Waals surface area contributed by atoms with E-state index in [1.807, 2.05) is 42.5 Å². The zero-order valence-corrected chi connectivity index (χ0v) is 18.6. The molecular formula is C25H22N2O5S. The number of carbonyl (C=O) groups excluding carboxylic acids is 1. The van der Waals surface area contributed by atoms with E-state index in [1.54, 1.807) is 41.9 Å². The van der Waals surface area contributed by atoms with Crippen molar-refractivity contribution in [3.8, 4) is 5.75 Å². The molecule has 0 fully saturated rings. The summed E-state index contributed by atoms with van der Waals surface area (Å²) in [5.74, 6) is -0.278. The fourth-order valence-corrected chi connectivity index (χ4v) is 5.15. The van der Waals surface area contributed by atoms with E-state index in [2.05, 4.69) is 0 Å². The van der Waals surface area contributed by atoms with Gasteiger partial charge in [0.1, 0.15) is 5.75 Å². The van der Waals surface area contributed by atoms with Crippen LogP contribution in [0.15, 0.2) is 95.9 Å². The quantitative estimate of drug-likeness (QED) is 0.314. The number of methoxy groups -OCH3 is 1. The molecule has 0 spiro atoms. The molecule has 0 atom stereocenters. The lowest BCUT2D eigenvalue weighted by Gasteiger charge is -2.27. The second-order valence-electron chi connectivity index (χ2n) is 7.29. The molecule has 0 bridgehead atoms. The fourth-order valence-electron chi connectivity index (χ4n) is 3.69. The number of nitrogens with zero attached hydrogens (tertiary/aromatic N) is 1. The number of benzene rings is 4. The lowest BCUT2D eigenvalue weighted by molar-refractivity contribution is 0.0709. The van der Waals surface area contributed by atoms with Crippen LogP contribution in [0.5, 0.6) is 5.75 Å². The molecule has 1 amide bonds. The van der Waals surface area contributed by atoms with Crippen LogP contribution in [0.4, 0.5) is 5.69 Å². The molecule has 8 heteroatoms. The Labute approximate surface area is 191 Å². The number of carbonyl (C=O) groups is 1. The standard InChI is InChI=1S/C25H22N2O5S/c1-32-20-12-14-21(15-13-20)33(30,31)27(17-18-7-3-2-4-8-18)23-16-11-19-9-5-6-10-22(19)24(23)25(28)26-29/h2-16,29H,17H2,1H3,(H,26,28). The van der Waals surface area contributed by atoms with Gasteiger partial charge in [-0.05, 0) is 46.7 Å². The zero-order chi connectivity index (χ0) is 23.4. The number of hydrogen-bond acceptors (Lipinski definition) is 5. The minimum absolute atomic E-state index is 0.0146. The molecule has 0 unspecified atom stereocenters. The first-order valence-electron chi connectivity index (χ1n) is 10.1. The first-order valence-corrected chi connectivity index (χ1v) is 11.6. The van der Waals surface area contributed by atoms with Gasteiger partial charge in [0.05, 0.1) is 29.8 Å². The zero-order valence-electron chi connectivity index (χ0n) is 17.8. The number of fused-ring (bicyclic) bond motifs is 1. The second kappa shape index (κ2) is 9.32. The Kier molecular flexibility index (Phi) is 6.30. The molecule has 33 heavy (non-hydrogen) atoms. The van der Waals surface area contributed by atoms with Crippen LogP contribution in [-0.4, -0.2) is 26.6 Å². The molecule has 0 saturated heterocycles. The van der Waals surface area contributed by atoms with Crippen LogP contribution in [0.3, 0.4) is 0 Å². The number of rotatable bonds is 7. The number of anilines is 1. The topological polar surface area (TPSA) is 95.9 Å². The third kappa shape index (κ3) is 4.39. The highest BCUT2D eigenvalue weighted by Gasteiger charge is 2.30. The molecular weight excluding hydrogens is 440 g/mol. The van der Waals surface area contributed by atoms with Gasteiger partial charge in [0.2, 0.25) is 0 Å². The van der Waals surface area contributed by atoms with E-state index in [-0.39, 0.29) is 22.7 Å². The van der Waals surface area contributed by atoms with Gasteiger partial charge in [-0.2, -0.15) is 0 Å². The van der Waals surface area contributed by atoms with Crippen molar-refractivity contribution >= 4 is 32.4 Å². The van der Waals surface area contributed by atoms with Crippen LogP contribution in [0.25, 0.3) is 10.8 Å². The van der Waals surface area contributed by atoms with Crippen molar-refractivity contribution in [2.75, 3.05) is 11.4 Å². The maximum Gasteiger partial charge on any atom is 0.277 e. The summed E-state index contributed by atoms with van der Waals surface area (Å²) in [5, 5.41) is 10.7. The third-order valence-corrected chi connectivity index (χ3v) is 7.09. The van der Waals surface area contributed by atoms with Crippen LogP contribution < -0.4 is 14.5 Å². The first kappa shape index (κ1) is 22.3. The first-order chi connectivity index (χ1) is 16.0. The van der Waals surface area contributed by atoms with E-state index in [9.17, 15) is 18.4 Å². The Balaban J connectivity index is 1.95. The van der Waals surface area contributed by atoms with Gasteiger partial charge in [0, 0.05) is 0 Å². The molecule has 0 aliphatic heterocycles. The average molecular weight is 463 g/mol. The van der Waals surface area contributed by atoms with E-state index >= 15 is 0 Å². The highest BCUT2D eigenvalue weighted by Crippen LogP contribution is 2.34. The molecule has 0 aliphatic rings. The Hall–Kier alpha value is -3.88. The number of amides is 1. The van der Waals surface area contributed by atoms with Crippen LogP contribution in [-0.2, 0) is 16.6 Å². The molecule has 0 heterocycles. The lowest BCUT2D eigenvalue weighted by Crippen LogP contribution is -2.33. The van der Waals surface area contributed by atoms with E-state index in [4.69, 9.17) is 4.74 Å². The molecule has 2 N–H and O–H groups in total. The molecule has 4 rings (SSSR count). The van der Waals surface area contributed by atoms with Crippen LogP contribution >= 0.6 is 0 Å². The third-order valence-electron chi connectivity index (χ3n) is 5.32. The van der Waals surface area contributed by atoms with Crippen LogP contribution in [0.1, 0.15) is 15.9 Å². The second-order valence-corrected chi connectivity index (χ2v) is 9.16. The van der Waals surface area contributed by atoms with Gasteiger partial charge in [0.25, 0.3) is 15.9 Å². The van der Waals surface area contributed by atoms with E-state index < -0.39 is 15.9 Å². The smallest absolute Gasteiger partial charge is 0.277 e. The lowest BCUT2D eigenvalue weighted by atomic mass is 10.0. The van der Waals surface area contributed by atoms with Gasteiger partial charge < -0.3 is 4.74 Å². The van der Waals surface area contributed by atoms with Gasteiger partial charge in [-0.15, -0.1) is 0 Å². The summed E-state index contributed by atoms with van der Waals surface area (Å²) in [6.45, 7) is -0.0146. The number of hydrogen-bond donors (Lipinski definition) is 2. The average Bonchev–Trinajstić information content (AvgIpc) is 2.86. The summed E-state index contributed by atoms with van der Waals surface area (Å²) >= 11 is 0. The monoisotopic (exact) mass is 462 g/mol. The minimum Gasteiger partial charge on any atom is -0.497 e. The molecule has 0 aromatic heterocycles. The van der Waals surface area contributed by atoms with Crippen molar-refractivity contribution in [1.29, 1.82) is 0 Å². The SMILES string of the molecule is COc1ccc(S(=O)(=O)N(Cc2ccccc2)c2ccc3ccccc3c2C(=O)NO)cc1. The predicted octanol–water partition coefficient (Wildman–Crippen LogP) is 4.36. The summed E-state index contributed by atoms with van der Waals surface area (Å²) in [7, 11) is -2.59. The Morgan fingerprint density at radius 2 is 1.58 bits per heavy atom. The molecule has 0 aliphatic carbocycles. The predicted molar refractivity (Wildman–Crippen MR) is 126 cm³/mol. The van der Waals surface area contributed by atoms with Crippen molar-refractivity contribution in [3.63, 3.8) is 0 Å². The molecule has 0 saturated carbocycles. The highest BCUT2D eigenvalue weighted by molar-refractivity contribution is 7.92. The molecule has 7 nitrogen and oxygen atoms in total. The largest absolute Gasteiger partial charge is 0.497 e. The molecule has 4 aromatic rings. The Bertz CT molecular complexity index is 1390. The van der Waals surface area contributed by atoms with Gasteiger partial charge in [-0.25, -0.2) is 13.9 Å². The van der Waals surface area contributed by atoms with Crippen molar-refractivity contribution in [1.82, 2.24) is 5.48 Å². The van der Waals surface area contributed by atoms with Gasteiger partial charge >= 0.3 is 0 Å². The summed E-state index contributed by atoms with van der Waals surface area (Å²) < 4.78 is 34.0. The van der Waals surface area contributed by atoms with Gasteiger partial charge in [0.15, 0.2) is 0 Å².